The van der Waals surface area contributed by atoms with Gasteiger partial charge in [0, 0.05) is 5.57 Å². The van der Waals surface area contributed by atoms with Gasteiger partial charge in [-0.1, -0.05) is 6.58 Å². The molecular weight excluding hydrogens is 232 g/mol. The Kier molecular flexibility index (Phi) is 4.23. The highest BCUT2D eigenvalue weighted by Gasteiger charge is 2.50. The van der Waals surface area contributed by atoms with Gasteiger partial charge in [0.05, 0.1) is 0 Å². The molecule has 1 aliphatic rings. The number of ether oxygens (including phenoxy) is 1. The summed E-state index contributed by atoms with van der Waals surface area (Å²) in [6, 6.07) is 0. The van der Waals surface area contributed by atoms with E-state index in [2.05, 4.69) is 6.58 Å². The van der Waals surface area contributed by atoms with E-state index in [1.54, 1.807) is 0 Å². The van der Waals surface area contributed by atoms with Crippen molar-refractivity contribution in [2.45, 2.75) is 43.5 Å². The highest BCUT2D eigenvalue weighted by Crippen LogP contribution is 2.24. The zero-order chi connectivity index (χ0) is 13.3. The van der Waals surface area contributed by atoms with Crippen molar-refractivity contribution >= 4 is 5.97 Å². The summed E-state index contributed by atoms with van der Waals surface area (Å²) in [4.78, 5) is 11.2. The predicted octanol–water partition coefficient (Wildman–Crippen LogP) is -2.71. The molecule has 1 aliphatic carbocycles. The first-order chi connectivity index (χ1) is 7.77. The van der Waals surface area contributed by atoms with Crippen LogP contribution in [0.3, 0.4) is 0 Å². The summed E-state index contributed by atoms with van der Waals surface area (Å²) in [5.74, 6) is -0.871. The van der Waals surface area contributed by atoms with E-state index in [0.29, 0.717) is 0 Å². The van der Waals surface area contributed by atoms with Crippen molar-refractivity contribution in [3.05, 3.63) is 12.2 Å². The molecule has 0 saturated heterocycles. The minimum absolute atomic E-state index is 0.0412. The Morgan fingerprint density at radius 2 is 1.29 bits per heavy atom. The molecular formula is C10H16O7. The number of hydrogen-bond acceptors (Lipinski definition) is 7. The molecule has 4 atom stereocenters. The van der Waals surface area contributed by atoms with Gasteiger partial charge in [-0.25, -0.2) is 4.79 Å². The van der Waals surface area contributed by atoms with Crippen LogP contribution in [-0.2, 0) is 9.53 Å². The summed E-state index contributed by atoms with van der Waals surface area (Å²) in [6.07, 6.45) is -10.0. The zero-order valence-electron chi connectivity index (χ0n) is 9.22. The van der Waals surface area contributed by atoms with Crippen LogP contribution in [0, 0.1) is 0 Å². The van der Waals surface area contributed by atoms with Crippen molar-refractivity contribution < 1.29 is 35.1 Å². The van der Waals surface area contributed by atoms with Crippen molar-refractivity contribution in [3.63, 3.8) is 0 Å². The summed E-state index contributed by atoms with van der Waals surface area (Å²) in [7, 11) is 0. The van der Waals surface area contributed by atoms with Gasteiger partial charge in [0.15, 0.2) is 6.10 Å². The lowest BCUT2D eigenvalue weighted by Gasteiger charge is -2.41. The minimum Gasteiger partial charge on any atom is -0.453 e. The van der Waals surface area contributed by atoms with Gasteiger partial charge in [-0.05, 0) is 6.92 Å². The van der Waals surface area contributed by atoms with Crippen molar-refractivity contribution in [2.75, 3.05) is 0 Å². The van der Waals surface area contributed by atoms with Gasteiger partial charge in [-0.3, -0.25) is 0 Å². The molecule has 98 valence electrons. The highest BCUT2D eigenvalue weighted by atomic mass is 16.6. The second-order valence-corrected chi connectivity index (χ2v) is 4.10. The number of carbonyl (C=O) groups excluding carboxylic acids is 1. The number of hydrogen-bond donors (Lipinski definition) is 5. The van der Waals surface area contributed by atoms with Gasteiger partial charge in [-0.15, -0.1) is 0 Å². The molecule has 1 fully saturated rings. The Morgan fingerprint density at radius 1 is 0.941 bits per heavy atom. The van der Waals surface area contributed by atoms with Crippen molar-refractivity contribution in [3.8, 4) is 0 Å². The molecule has 1 saturated carbocycles. The third-order valence-corrected chi connectivity index (χ3v) is 2.66. The highest BCUT2D eigenvalue weighted by molar-refractivity contribution is 5.87. The van der Waals surface area contributed by atoms with Crippen LogP contribution >= 0.6 is 0 Å². The summed E-state index contributed by atoms with van der Waals surface area (Å²) >= 11 is 0. The van der Waals surface area contributed by atoms with E-state index in [1.807, 2.05) is 0 Å². The van der Waals surface area contributed by atoms with Crippen LogP contribution < -0.4 is 0 Å². The molecule has 1 rings (SSSR count). The van der Waals surface area contributed by atoms with Crippen LogP contribution in [0.25, 0.3) is 0 Å². The molecule has 4 unspecified atom stereocenters. The predicted molar refractivity (Wildman–Crippen MR) is 54.7 cm³/mol. The van der Waals surface area contributed by atoms with E-state index in [1.165, 1.54) is 6.92 Å². The third-order valence-electron chi connectivity index (χ3n) is 2.66. The van der Waals surface area contributed by atoms with Crippen LogP contribution in [0.5, 0.6) is 0 Å². The Hall–Kier alpha value is -0.990. The maximum absolute atomic E-state index is 11.2. The summed E-state index contributed by atoms with van der Waals surface area (Å²) < 4.78 is 4.70. The fourth-order valence-electron chi connectivity index (χ4n) is 1.56. The maximum atomic E-state index is 11.2. The first-order valence-electron chi connectivity index (χ1n) is 5.04. The molecule has 0 spiro atoms. The quantitative estimate of drug-likeness (QED) is 0.265. The van der Waals surface area contributed by atoms with Gasteiger partial charge in [0.1, 0.15) is 30.5 Å². The van der Waals surface area contributed by atoms with Crippen molar-refractivity contribution in [2.24, 2.45) is 0 Å². The minimum atomic E-state index is -1.71. The average Bonchev–Trinajstić information content (AvgIpc) is 2.29. The molecule has 0 aromatic heterocycles. The number of aliphatic hydroxyl groups is 5. The molecule has 17 heavy (non-hydrogen) atoms. The molecule has 0 aromatic carbocycles. The van der Waals surface area contributed by atoms with Crippen LogP contribution in [0.15, 0.2) is 12.2 Å². The number of rotatable bonds is 2. The van der Waals surface area contributed by atoms with E-state index in [-0.39, 0.29) is 5.57 Å². The lowest BCUT2D eigenvalue weighted by atomic mass is 9.85. The summed E-state index contributed by atoms with van der Waals surface area (Å²) in [6.45, 7) is 4.68. The number of esters is 1. The average molecular weight is 248 g/mol. The summed E-state index contributed by atoms with van der Waals surface area (Å²) in [5.41, 5.74) is 0.0412. The molecule has 5 N–H and O–H groups in total. The van der Waals surface area contributed by atoms with Gasteiger partial charge < -0.3 is 30.3 Å². The first kappa shape index (κ1) is 14.1. The van der Waals surface area contributed by atoms with E-state index < -0.39 is 42.6 Å². The molecule has 0 amide bonds. The molecule has 0 aliphatic heterocycles. The lowest BCUT2D eigenvalue weighted by Crippen LogP contribution is -2.64. The monoisotopic (exact) mass is 248 g/mol. The van der Waals surface area contributed by atoms with Crippen LogP contribution in [0.4, 0.5) is 0 Å². The molecule has 0 heterocycles. The largest absolute Gasteiger partial charge is 0.453 e. The van der Waals surface area contributed by atoms with Crippen molar-refractivity contribution in [1.29, 1.82) is 0 Å². The van der Waals surface area contributed by atoms with Crippen LogP contribution in [-0.4, -0.2) is 68.1 Å². The molecule has 0 radical (unpaired) electrons. The van der Waals surface area contributed by atoms with E-state index >= 15 is 0 Å². The molecule has 0 bridgehead atoms. The molecule has 7 heteroatoms. The first-order valence-corrected chi connectivity index (χ1v) is 5.04. The normalized spacial score (nSPS) is 42.0. The Labute approximate surface area is 97.6 Å². The Balaban J connectivity index is 2.83. The Morgan fingerprint density at radius 3 is 1.65 bits per heavy atom. The molecule has 7 nitrogen and oxygen atoms in total. The Bertz CT molecular complexity index is 300. The third kappa shape index (κ3) is 2.64. The maximum Gasteiger partial charge on any atom is 0.333 e. The van der Waals surface area contributed by atoms with Gasteiger partial charge in [0.25, 0.3) is 0 Å². The smallest absolute Gasteiger partial charge is 0.333 e. The van der Waals surface area contributed by atoms with Crippen molar-refractivity contribution in [1.82, 2.24) is 0 Å². The second kappa shape index (κ2) is 5.11. The topological polar surface area (TPSA) is 127 Å². The SMILES string of the molecule is C=C(C)C(=O)OC1C(O)C(O)C(O)C(O)C1O. The summed E-state index contributed by atoms with van der Waals surface area (Å²) in [5, 5.41) is 47.1. The standard InChI is InChI=1S/C10H16O7/c1-3(2)10(16)17-9-7(14)5(12)4(11)6(13)8(9)15/h4-9,11-15H,1H2,2H3. The van der Waals surface area contributed by atoms with E-state index in [0.717, 1.165) is 0 Å². The van der Waals surface area contributed by atoms with E-state index in [9.17, 15) is 30.3 Å². The number of aliphatic hydroxyl groups excluding tert-OH is 5. The zero-order valence-corrected chi connectivity index (χ0v) is 9.22. The van der Waals surface area contributed by atoms with E-state index in [4.69, 9.17) is 4.74 Å². The van der Waals surface area contributed by atoms with Crippen LogP contribution in [0.2, 0.25) is 0 Å². The van der Waals surface area contributed by atoms with Gasteiger partial charge in [0.2, 0.25) is 0 Å². The second-order valence-electron chi connectivity index (χ2n) is 4.10. The number of carbonyl (C=O) groups is 1. The fraction of sp³-hybridized carbons (Fsp3) is 0.700. The lowest BCUT2D eigenvalue weighted by molar-refractivity contribution is -0.232. The van der Waals surface area contributed by atoms with Gasteiger partial charge >= 0.3 is 5.97 Å². The van der Waals surface area contributed by atoms with Crippen LogP contribution in [0.1, 0.15) is 6.92 Å². The van der Waals surface area contributed by atoms with Gasteiger partial charge in [-0.2, -0.15) is 0 Å². The molecule has 0 aromatic rings. The fourth-order valence-corrected chi connectivity index (χ4v) is 1.56.